The lowest BCUT2D eigenvalue weighted by molar-refractivity contribution is -0.148. The topological polar surface area (TPSA) is 128 Å². The van der Waals surface area contributed by atoms with Crippen LogP contribution in [-0.2, 0) is 35.7 Å². The molecule has 2 aromatic carbocycles. The number of hydrogen-bond acceptors (Lipinski definition) is 7. The standard InChI is InChI=1S/C23H28N2O7S/c1-16-10-12-18(13-11-16)33(29,30)25-20(26)14-19(24-22(28)32-23(2,3)4)21(27)31-15-17-8-6-5-7-9-17/h5-13,19H,14-15H2,1-4H3,(H,24,28)(H,25,26)/t19-/m0/s1. The van der Waals surface area contributed by atoms with E-state index < -0.39 is 46.1 Å². The Hall–Kier alpha value is -3.40. The normalized spacial score (nSPS) is 12.4. The van der Waals surface area contributed by atoms with Gasteiger partial charge < -0.3 is 14.8 Å². The van der Waals surface area contributed by atoms with Crippen molar-refractivity contribution in [2.24, 2.45) is 0 Å². The van der Waals surface area contributed by atoms with E-state index >= 15 is 0 Å². The second-order valence-electron chi connectivity index (χ2n) is 8.34. The molecule has 2 aromatic rings. The lowest BCUT2D eigenvalue weighted by Gasteiger charge is -2.22. The molecule has 2 N–H and O–H groups in total. The molecular formula is C23H28N2O7S. The molecule has 0 aliphatic carbocycles. The van der Waals surface area contributed by atoms with Gasteiger partial charge in [0.15, 0.2) is 0 Å². The van der Waals surface area contributed by atoms with Crippen LogP contribution in [0.25, 0.3) is 0 Å². The summed E-state index contributed by atoms with van der Waals surface area (Å²) in [6.07, 6.45) is -1.61. The third-order valence-corrected chi connectivity index (χ3v) is 5.56. The summed E-state index contributed by atoms with van der Waals surface area (Å²) < 4.78 is 37.2. The predicted molar refractivity (Wildman–Crippen MR) is 121 cm³/mol. The van der Waals surface area contributed by atoms with Crippen LogP contribution < -0.4 is 10.0 Å². The third kappa shape index (κ3) is 8.93. The van der Waals surface area contributed by atoms with Crippen LogP contribution >= 0.6 is 0 Å². The molecule has 10 heteroatoms. The van der Waals surface area contributed by atoms with E-state index in [9.17, 15) is 22.8 Å². The van der Waals surface area contributed by atoms with Crippen LogP contribution in [0, 0.1) is 6.92 Å². The molecule has 0 aliphatic heterocycles. The van der Waals surface area contributed by atoms with Crippen LogP contribution in [0.15, 0.2) is 59.5 Å². The maximum absolute atomic E-state index is 12.6. The SMILES string of the molecule is Cc1ccc(S(=O)(=O)NC(=O)C[C@H](NC(=O)OC(C)(C)C)C(=O)OCc2ccccc2)cc1. The number of carbonyl (C=O) groups excluding carboxylic acids is 3. The van der Waals surface area contributed by atoms with Crippen molar-refractivity contribution in [1.29, 1.82) is 0 Å². The zero-order valence-corrected chi connectivity index (χ0v) is 19.8. The Labute approximate surface area is 193 Å². The first-order valence-corrected chi connectivity index (χ1v) is 11.7. The Bertz CT molecular complexity index is 1080. The summed E-state index contributed by atoms with van der Waals surface area (Å²) in [6.45, 7) is 6.61. The Morgan fingerprint density at radius 3 is 2.15 bits per heavy atom. The smallest absolute Gasteiger partial charge is 0.408 e. The molecule has 0 heterocycles. The van der Waals surface area contributed by atoms with Crippen molar-refractivity contribution in [1.82, 2.24) is 10.0 Å². The van der Waals surface area contributed by atoms with E-state index in [1.807, 2.05) is 4.72 Å². The minimum absolute atomic E-state index is 0.0878. The van der Waals surface area contributed by atoms with Crippen molar-refractivity contribution in [3.8, 4) is 0 Å². The highest BCUT2D eigenvalue weighted by molar-refractivity contribution is 7.90. The van der Waals surface area contributed by atoms with Gasteiger partial charge in [-0.05, 0) is 45.4 Å². The number of esters is 1. The molecule has 0 spiro atoms. The molecule has 0 unspecified atom stereocenters. The van der Waals surface area contributed by atoms with Crippen molar-refractivity contribution in [2.75, 3.05) is 0 Å². The Balaban J connectivity index is 2.10. The van der Waals surface area contributed by atoms with Gasteiger partial charge >= 0.3 is 12.1 Å². The predicted octanol–water partition coefficient (Wildman–Crippen LogP) is 2.83. The maximum Gasteiger partial charge on any atom is 0.408 e. The van der Waals surface area contributed by atoms with Crippen LogP contribution in [0.5, 0.6) is 0 Å². The van der Waals surface area contributed by atoms with E-state index in [1.54, 1.807) is 70.2 Å². The highest BCUT2D eigenvalue weighted by Crippen LogP contribution is 2.12. The minimum atomic E-state index is -4.16. The first-order chi connectivity index (χ1) is 15.4. The van der Waals surface area contributed by atoms with E-state index in [-0.39, 0.29) is 11.5 Å². The number of amides is 2. The van der Waals surface area contributed by atoms with E-state index in [1.165, 1.54) is 12.1 Å². The molecule has 2 rings (SSSR count). The second kappa shape index (κ2) is 11.0. The molecule has 2 amide bonds. The molecular weight excluding hydrogens is 448 g/mol. The van der Waals surface area contributed by atoms with Gasteiger partial charge in [0, 0.05) is 0 Å². The molecule has 0 saturated carbocycles. The minimum Gasteiger partial charge on any atom is -0.459 e. The Morgan fingerprint density at radius 1 is 0.970 bits per heavy atom. The van der Waals surface area contributed by atoms with Gasteiger partial charge in [-0.15, -0.1) is 0 Å². The first kappa shape index (κ1) is 25.9. The number of hydrogen-bond donors (Lipinski definition) is 2. The highest BCUT2D eigenvalue weighted by atomic mass is 32.2. The van der Waals surface area contributed by atoms with Crippen molar-refractivity contribution in [3.63, 3.8) is 0 Å². The molecule has 178 valence electrons. The van der Waals surface area contributed by atoms with Crippen molar-refractivity contribution < 1.29 is 32.3 Å². The molecule has 0 bridgehead atoms. The molecule has 0 fully saturated rings. The summed E-state index contributed by atoms with van der Waals surface area (Å²) in [5.41, 5.74) is 0.705. The van der Waals surface area contributed by atoms with Gasteiger partial charge in [0.25, 0.3) is 10.0 Å². The van der Waals surface area contributed by atoms with E-state index in [0.717, 1.165) is 5.56 Å². The van der Waals surface area contributed by atoms with Crippen LogP contribution in [0.3, 0.4) is 0 Å². The summed E-state index contributed by atoms with van der Waals surface area (Å²) in [7, 11) is -4.16. The lowest BCUT2D eigenvalue weighted by Crippen LogP contribution is -2.47. The molecule has 9 nitrogen and oxygen atoms in total. The van der Waals surface area contributed by atoms with Gasteiger partial charge in [-0.3, -0.25) is 4.79 Å². The van der Waals surface area contributed by atoms with Crippen LogP contribution in [0.1, 0.15) is 38.3 Å². The molecule has 33 heavy (non-hydrogen) atoms. The van der Waals surface area contributed by atoms with E-state index in [0.29, 0.717) is 5.56 Å². The number of aryl methyl sites for hydroxylation is 1. The number of alkyl carbamates (subject to hydrolysis) is 1. The van der Waals surface area contributed by atoms with Gasteiger partial charge in [-0.25, -0.2) is 22.7 Å². The molecule has 0 aliphatic rings. The number of benzene rings is 2. The Morgan fingerprint density at radius 2 is 1.58 bits per heavy atom. The summed E-state index contributed by atoms with van der Waals surface area (Å²) >= 11 is 0. The summed E-state index contributed by atoms with van der Waals surface area (Å²) in [4.78, 5) is 37.1. The van der Waals surface area contributed by atoms with Crippen LogP contribution in [0.4, 0.5) is 4.79 Å². The zero-order valence-electron chi connectivity index (χ0n) is 19.0. The fourth-order valence-electron chi connectivity index (χ4n) is 2.63. The van der Waals surface area contributed by atoms with Gasteiger partial charge in [0.2, 0.25) is 5.91 Å². The Kier molecular flexibility index (Phi) is 8.58. The number of carbonyl (C=O) groups is 3. The molecule has 0 aromatic heterocycles. The van der Waals surface area contributed by atoms with Crippen molar-refractivity contribution in [3.05, 3.63) is 65.7 Å². The number of nitrogens with one attached hydrogen (secondary N) is 2. The van der Waals surface area contributed by atoms with Gasteiger partial charge in [-0.2, -0.15) is 0 Å². The number of rotatable bonds is 8. The fraction of sp³-hybridized carbons (Fsp3) is 0.348. The lowest BCUT2D eigenvalue weighted by atomic mass is 10.2. The monoisotopic (exact) mass is 476 g/mol. The van der Waals surface area contributed by atoms with Crippen LogP contribution in [0.2, 0.25) is 0 Å². The third-order valence-electron chi connectivity index (χ3n) is 4.17. The van der Waals surface area contributed by atoms with E-state index in [4.69, 9.17) is 9.47 Å². The van der Waals surface area contributed by atoms with Crippen molar-refractivity contribution in [2.45, 2.75) is 57.3 Å². The number of ether oxygens (including phenoxy) is 2. The molecule has 1 atom stereocenters. The average molecular weight is 477 g/mol. The van der Waals surface area contributed by atoms with Gasteiger partial charge in [0.1, 0.15) is 18.2 Å². The first-order valence-electron chi connectivity index (χ1n) is 10.2. The quantitative estimate of drug-likeness (QED) is 0.561. The summed E-state index contributed by atoms with van der Waals surface area (Å²) in [6, 6.07) is 13.2. The maximum atomic E-state index is 12.6. The zero-order chi connectivity index (χ0) is 24.6. The largest absolute Gasteiger partial charge is 0.459 e. The second-order valence-corrected chi connectivity index (χ2v) is 10.0. The average Bonchev–Trinajstić information content (AvgIpc) is 2.70. The fourth-order valence-corrected chi connectivity index (χ4v) is 3.62. The number of sulfonamides is 1. The molecule has 0 saturated heterocycles. The summed E-state index contributed by atoms with van der Waals surface area (Å²) in [5, 5.41) is 2.28. The highest BCUT2D eigenvalue weighted by Gasteiger charge is 2.29. The van der Waals surface area contributed by atoms with E-state index in [2.05, 4.69) is 5.32 Å². The summed E-state index contributed by atoms with van der Waals surface area (Å²) in [5.74, 6) is -1.90. The van der Waals surface area contributed by atoms with Gasteiger partial charge in [-0.1, -0.05) is 48.0 Å². The van der Waals surface area contributed by atoms with Crippen molar-refractivity contribution >= 4 is 28.0 Å². The molecule has 0 radical (unpaired) electrons. The van der Waals surface area contributed by atoms with Gasteiger partial charge in [0.05, 0.1) is 11.3 Å². The van der Waals surface area contributed by atoms with Crippen LogP contribution in [-0.4, -0.2) is 38.0 Å².